The number of ether oxygens (including phenoxy) is 2. The number of carbonyl (C=O) groups excluding carboxylic acids is 2. The van der Waals surface area contributed by atoms with Gasteiger partial charge in [-0.2, -0.15) is 0 Å². The average Bonchev–Trinajstić information content (AvgIpc) is 3.07. The van der Waals surface area contributed by atoms with Crippen molar-refractivity contribution < 1.29 is 19.1 Å². The van der Waals surface area contributed by atoms with E-state index in [0.29, 0.717) is 62.0 Å². The molecule has 0 N–H and O–H groups in total. The van der Waals surface area contributed by atoms with E-state index in [1.165, 1.54) is 0 Å². The fourth-order valence-corrected chi connectivity index (χ4v) is 3.57. The largest absolute Gasteiger partial charge is 0.494 e. The molecule has 6 heteroatoms. The highest BCUT2D eigenvalue weighted by atomic mass is 16.5. The van der Waals surface area contributed by atoms with Crippen LogP contribution in [0.5, 0.6) is 11.5 Å². The minimum Gasteiger partial charge on any atom is -0.494 e. The van der Waals surface area contributed by atoms with Crippen LogP contribution >= 0.6 is 0 Å². The highest BCUT2D eigenvalue weighted by Gasteiger charge is 2.24. The maximum atomic E-state index is 13.0. The number of carbonyl (C=O) groups is 2. The predicted molar refractivity (Wildman–Crippen MR) is 121 cm³/mol. The van der Waals surface area contributed by atoms with Gasteiger partial charge in [0.05, 0.1) is 13.2 Å². The van der Waals surface area contributed by atoms with Crippen LogP contribution in [0, 0.1) is 0 Å². The van der Waals surface area contributed by atoms with E-state index < -0.39 is 0 Å². The molecule has 2 aromatic carbocycles. The van der Waals surface area contributed by atoms with Gasteiger partial charge in [-0.25, -0.2) is 0 Å². The fraction of sp³-hybridized carbons (Fsp3) is 0.440. The Bertz CT molecular complexity index is 812. The van der Waals surface area contributed by atoms with Crippen LogP contribution < -0.4 is 9.47 Å². The number of benzene rings is 2. The van der Waals surface area contributed by atoms with Gasteiger partial charge >= 0.3 is 0 Å². The topological polar surface area (TPSA) is 59.1 Å². The predicted octanol–water partition coefficient (Wildman–Crippen LogP) is 4.25. The third-order valence-corrected chi connectivity index (χ3v) is 5.18. The van der Waals surface area contributed by atoms with Crippen molar-refractivity contribution in [2.24, 2.45) is 0 Å². The zero-order valence-electron chi connectivity index (χ0n) is 18.5. The van der Waals surface area contributed by atoms with Crippen LogP contribution in [0.2, 0.25) is 0 Å². The molecule has 1 heterocycles. The first-order valence-corrected chi connectivity index (χ1v) is 11.2. The van der Waals surface area contributed by atoms with E-state index in [4.69, 9.17) is 9.47 Å². The second-order valence-corrected chi connectivity index (χ2v) is 7.69. The van der Waals surface area contributed by atoms with Crippen molar-refractivity contribution in [3.05, 3.63) is 59.7 Å². The Kier molecular flexibility index (Phi) is 8.33. The van der Waals surface area contributed by atoms with Crippen LogP contribution in [0.3, 0.4) is 0 Å². The van der Waals surface area contributed by atoms with Gasteiger partial charge in [0, 0.05) is 37.3 Å². The first-order chi connectivity index (χ1) is 15.1. The Morgan fingerprint density at radius 2 is 1.19 bits per heavy atom. The van der Waals surface area contributed by atoms with Gasteiger partial charge in [0.1, 0.15) is 11.5 Å². The highest BCUT2D eigenvalue weighted by Crippen LogP contribution is 2.19. The van der Waals surface area contributed by atoms with Gasteiger partial charge in [0.2, 0.25) is 0 Å². The molecule has 166 valence electrons. The summed E-state index contributed by atoms with van der Waals surface area (Å²) < 4.78 is 11.3. The maximum absolute atomic E-state index is 13.0. The number of amides is 2. The summed E-state index contributed by atoms with van der Waals surface area (Å²) in [6.45, 7) is 7.63. The molecule has 31 heavy (non-hydrogen) atoms. The lowest BCUT2D eigenvalue weighted by atomic mass is 10.2. The molecule has 2 aromatic rings. The zero-order valence-corrected chi connectivity index (χ0v) is 18.5. The summed E-state index contributed by atoms with van der Waals surface area (Å²) in [7, 11) is 0. The average molecular weight is 425 g/mol. The molecule has 1 aliphatic rings. The van der Waals surface area contributed by atoms with Crippen LogP contribution in [0.15, 0.2) is 48.5 Å². The lowest BCUT2D eigenvalue weighted by molar-refractivity contribution is 0.0718. The van der Waals surface area contributed by atoms with Crippen molar-refractivity contribution in [2.75, 3.05) is 39.4 Å². The maximum Gasteiger partial charge on any atom is 0.254 e. The lowest BCUT2D eigenvalue weighted by Gasteiger charge is -2.22. The SMILES string of the molecule is CCCOc1cccc(C(=O)N2CCCN(C(=O)c3cccc(OCCC)c3)CC2)c1. The van der Waals surface area contributed by atoms with Crippen molar-refractivity contribution in [3.63, 3.8) is 0 Å². The third kappa shape index (κ3) is 6.23. The summed E-state index contributed by atoms with van der Waals surface area (Å²) in [4.78, 5) is 29.7. The van der Waals surface area contributed by atoms with Gasteiger partial charge in [-0.05, 0) is 55.7 Å². The summed E-state index contributed by atoms with van der Waals surface area (Å²) >= 11 is 0. The molecule has 0 aromatic heterocycles. The molecule has 0 bridgehead atoms. The van der Waals surface area contributed by atoms with E-state index in [1.807, 2.05) is 60.0 Å². The van der Waals surface area contributed by atoms with Crippen LogP contribution in [-0.2, 0) is 0 Å². The standard InChI is InChI=1S/C25H32N2O4/c1-3-16-30-22-10-5-8-20(18-22)24(28)26-12-7-13-27(15-14-26)25(29)21-9-6-11-23(19-21)31-17-4-2/h5-6,8-11,18-19H,3-4,7,12-17H2,1-2H3. The molecule has 3 rings (SSSR count). The molecule has 2 amide bonds. The number of hydrogen-bond acceptors (Lipinski definition) is 4. The quantitative estimate of drug-likeness (QED) is 0.636. The minimum absolute atomic E-state index is 0.0220. The van der Waals surface area contributed by atoms with E-state index in [2.05, 4.69) is 0 Å². The molecule has 0 atom stereocenters. The van der Waals surface area contributed by atoms with E-state index in [-0.39, 0.29) is 11.8 Å². The van der Waals surface area contributed by atoms with Gasteiger partial charge in [-0.1, -0.05) is 26.0 Å². The van der Waals surface area contributed by atoms with Gasteiger partial charge in [-0.15, -0.1) is 0 Å². The molecule has 1 saturated heterocycles. The van der Waals surface area contributed by atoms with Gasteiger partial charge < -0.3 is 19.3 Å². The molecule has 6 nitrogen and oxygen atoms in total. The van der Waals surface area contributed by atoms with Crippen molar-refractivity contribution >= 4 is 11.8 Å². The number of rotatable bonds is 8. The Hall–Kier alpha value is -3.02. The van der Waals surface area contributed by atoms with E-state index in [1.54, 1.807) is 12.1 Å². The number of hydrogen-bond donors (Lipinski definition) is 0. The van der Waals surface area contributed by atoms with Crippen LogP contribution in [0.4, 0.5) is 0 Å². The van der Waals surface area contributed by atoms with Crippen molar-refractivity contribution in [1.29, 1.82) is 0 Å². The lowest BCUT2D eigenvalue weighted by Crippen LogP contribution is -2.37. The van der Waals surface area contributed by atoms with Gasteiger partial charge in [-0.3, -0.25) is 9.59 Å². The van der Waals surface area contributed by atoms with Crippen LogP contribution in [0.25, 0.3) is 0 Å². The minimum atomic E-state index is -0.0220. The molecule has 0 spiro atoms. The Labute approximate surface area is 184 Å². The fourth-order valence-electron chi connectivity index (χ4n) is 3.57. The summed E-state index contributed by atoms with van der Waals surface area (Å²) in [6.07, 6.45) is 2.58. The second kappa shape index (κ2) is 11.4. The van der Waals surface area contributed by atoms with Crippen molar-refractivity contribution in [3.8, 4) is 11.5 Å². The Balaban J connectivity index is 1.62. The normalized spacial score (nSPS) is 14.1. The zero-order chi connectivity index (χ0) is 22.1. The molecule has 0 saturated carbocycles. The monoisotopic (exact) mass is 424 g/mol. The van der Waals surface area contributed by atoms with E-state index in [9.17, 15) is 9.59 Å². The summed E-state index contributed by atoms with van der Waals surface area (Å²) in [5.74, 6) is 1.38. The smallest absolute Gasteiger partial charge is 0.254 e. The number of nitrogens with zero attached hydrogens (tertiary/aromatic N) is 2. The molecule has 0 unspecified atom stereocenters. The third-order valence-electron chi connectivity index (χ3n) is 5.18. The second-order valence-electron chi connectivity index (χ2n) is 7.69. The van der Waals surface area contributed by atoms with E-state index >= 15 is 0 Å². The first kappa shape index (κ1) is 22.7. The molecule has 0 radical (unpaired) electrons. The molecule has 1 aliphatic heterocycles. The summed E-state index contributed by atoms with van der Waals surface area (Å²) in [5.41, 5.74) is 1.24. The first-order valence-electron chi connectivity index (χ1n) is 11.2. The van der Waals surface area contributed by atoms with Crippen LogP contribution in [-0.4, -0.2) is 61.0 Å². The van der Waals surface area contributed by atoms with Crippen molar-refractivity contribution in [1.82, 2.24) is 9.80 Å². The summed E-state index contributed by atoms with van der Waals surface area (Å²) in [6, 6.07) is 14.7. The van der Waals surface area contributed by atoms with Gasteiger partial charge in [0.15, 0.2) is 0 Å². The van der Waals surface area contributed by atoms with Crippen LogP contribution in [0.1, 0.15) is 53.8 Å². The molecular formula is C25H32N2O4. The molecule has 1 fully saturated rings. The Morgan fingerprint density at radius 1 is 0.742 bits per heavy atom. The Morgan fingerprint density at radius 3 is 1.61 bits per heavy atom. The van der Waals surface area contributed by atoms with Crippen molar-refractivity contribution in [2.45, 2.75) is 33.1 Å². The molecular weight excluding hydrogens is 392 g/mol. The highest BCUT2D eigenvalue weighted by molar-refractivity contribution is 5.96. The van der Waals surface area contributed by atoms with Gasteiger partial charge in [0.25, 0.3) is 11.8 Å². The van der Waals surface area contributed by atoms with E-state index in [0.717, 1.165) is 19.3 Å². The molecule has 0 aliphatic carbocycles. The summed E-state index contributed by atoms with van der Waals surface area (Å²) in [5, 5.41) is 0.